The van der Waals surface area contributed by atoms with E-state index < -0.39 is 18.0 Å². The van der Waals surface area contributed by atoms with Gasteiger partial charge in [0.15, 0.2) is 6.10 Å². The van der Waals surface area contributed by atoms with E-state index in [1.54, 1.807) is 12.1 Å². The van der Waals surface area contributed by atoms with Crippen molar-refractivity contribution in [3.05, 3.63) is 35.6 Å². The summed E-state index contributed by atoms with van der Waals surface area (Å²) >= 11 is 0. The number of benzene rings is 1. The van der Waals surface area contributed by atoms with Crippen LogP contribution < -0.4 is 10.6 Å². The largest absolute Gasteiger partial charge is 0.452 e. The number of amides is 2. The first-order valence-corrected chi connectivity index (χ1v) is 11.3. The number of carbonyl (C=O) groups is 3. The second kappa shape index (κ2) is 8.97. The van der Waals surface area contributed by atoms with Crippen LogP contribution in [0.1, 0.15) is 57.4 Å². The summed E-state index contributed by atoms with van der Waals surface area (Å²) in [6, 6.07) is 5.81. The van der Waals surface area contributed by atoms with Crippen molar-refractivity contribution < 1.29 is 23.5 Å². The lowest BCUT2D eigenvalue weighted by Crippen LogP contribution is -2.53. The summed E-state index contributed by atoms with van der Waals surface area (Å²) in [5.74, 6) is 0.881. The Balaban J connectivity index is 1.16. The van der Waals surface area contributed by atoms with Crippen LogP contribution in [0.15, 0.2) is 24.3 Å². The van der Waals surface area contributed by atoms with E-state index in [2.05, 4.69) is 10.6 Å². The molecule has 4 aliphatic rings. The van der Waals surface area contributed by atoms with Gasteiger partial charge in [-0.2, -0.15) is 0 Å². The van der Waals surface area contributed by atoms with Gasteiger partial charge in [0, 0.05) is 18.5 Å². The van der Waals surface area contributed by atoms with Crippen LogP contribution in [0.4, 0.5) is 4.39 Å². The number of halogens is 1. The van der Waals surface area contributed by atoms with Crippen molar-refractivity contribution in [2.75, 3.05) is 6.54 Å². The molecule has 7 heteroatoms. The van der Waals surface area contributed by atoms with E-state index in [0.717, 1.165) is 24.8 Å². The minimum atomic E-state index is -0.938. The van der Waals surface area contributed by atoms with Gasteiger partial charge in [-0.15, -0.1) is 0 Å². The molecule has 0 saturated heterocycles. The lowest BCUT2D eigenvalue weighted by molar-refractivity contribution is -0.155. The first kappa shape index (κ1) is 21.8. The normalized spacial score (nSPS) is 29.3. The molecule has 0 heterocycles. The van der Waals surface area contributed by atoms with Gasteiger partial charge in [-0.1, -0.05) is 12.1 Å². The van der Waals surface area contributed by atoms with E-state index in [4.69, 9.17) is 4.74 Å². The van der Waals surface area contributed by atoms with Gasteiger partial charge in [0.25, 0.3) is 5.91 Å². The first-order chi connectivity index (χ1) is 14.8. The molecule has 2 N–H and O–H groups in total. The molecule has 4 saturated carbocycles. The highest BCUT2D eigenvalue weighted by Gasteiger charge is 2.54. The Morgan fingerprint density at radius 1 is 1.03 bits per heavy atom. The Labute approximate surface area is 182 Å². The Kier molecular flexibility index (Phi) is 6.30. The number of rotatable bonds is 8. The minimum absolute atomic E-state index is 0.0354. The van der Waals surface area contributed by atoms with E-state index in [1.165, 1.54) is 38.3 Å². The highest BCUT2D eigenvalue weighted by Crippen LogP contribution is 2.60. The van der Waals surface area contributed by atoms with E-state index in [0.29, 0.717) is 17.8 Å². The fraction of sp³-hybridized carbons (Fsp3) is 0.625. The average molecular weight is 431 g/mol. The highest BCUT2D eigenvalue weighted by atomic mass is 19.1. The van der Waals surface area contributed by atoms with Crippen LogP contribution in [0.5, 0.6) is 0 Å². The summed E-state index contributed by atoms with van der Waals surface area (Å²) in [6.07, 6.45) is 5.89. The number of nitrogens with one attached hydrogen (secondary N) is 2. The zero-order valence-electron chi connectivity index (χ0n) is 18.0. The molecule has 4 bridgehead atoms. The Bertz CT molecular complexity index is 803. The molecule has 31 heavy (non-hydrogen) atoms. The number of ether oxygens (including phenoxy) is 1. The number of carbonyl (C=O) groups excluding carboxylic acids is 3. The van der Waals surface area contributed by atoms with Gasteiger partial charge in [-0.05, 0) is 80.9 Å². The van der Waals surface area contributed by atoms with Crippen LogP contribution in [0.25, 0.3) is 0 Å². The maximum absolute atomic E-state index is 12.9. The summed E-state index contributed by atoms with van der Waals surface area (Å²) in [6.45, 7) is 1.96. The maximum atomic E-state index is 12.9. The SMILES string of the molecule is C[C@@H](OC(=O)CCNC(=O)C12CC3CC(CC(C3)C1)C2)C(=O)NCc1ccc(F)cc1. The van der Waals surface area contributed by atoms with Gasteiger partial charge >= 0.3 is 5.97 Å². The molecule has 4 aliphatic carbocycles. The number of hydrogen-bond donors (Lipinski definition) is 2. The lowest BCUT2D eigenvalue weighted by atomic mass is 9.49. The average Bonchev–Trinajstić information content (AvgIpc) is 2.72. The van der Waals surface area contributed by atoms with Gasteiger partial charge in [0.2, 0.25) is 5.91 Å². The van der Waals surface area contributed by atoms with Gasteiger partial charge in [0.1, 0.15) is 5.82 Å². The van der Waals surface area contributed by atoms with Crippen molar-refractivity contribution in [1.82, 2.24) is 10.6 Å². The van der Waals surface area contributed by atoms with Crippen LogP contribution in [0.2, 0.25) is 0 Å². The lowest BCUT2D eigenvalue weighted by Gasteiger charge is -2.55. The molecule has 0 aromatic heterocycles. The Morgan fingerprint density at radius 3 is 2.19 bits per heavy atom. The highest BCUT2D eigenvalue weighted by molar-refractivity contribution is 5.85. The van der Waals surface area contributed by atoms with Crippen molar-refractivity contribution in [3.8, 4) is 0 Å². The third-order valence-electron chi connectivity index (χ3n) is 7.19. The van der Waals surface area contributed by atoms with Crippen LogP contribution in [-0.4, -0.2) is 30.4 Å². The maximum Gasteiger partial charge on any atom is 0.308 e. The number of esters is 1. The third-order valence-corrected chi connectivity index (χ3v) is 7.19. The zero-order chi connectivity index (χ0) is 22.0. The van der Waals surface area contributed by atoms with E-state index in [-0.39, 0.29) is 36.6 Å². The number of hydrogen-bond acceptors (Lipinski definition) is 4. The molecule has 2 amide bonds. The molecule has 6 nitrogen and oxygen atoms in total. The van der Waals surface area contributed by atoms with Crippen LogP contribution in [-0.2, 0) is 25.7 Å². The molecule has 4 fully saturated rings. The topological polar surface area (TPSA) is 84.5 Å². The fourth-order valence-electron chi connectivity index (χ4n) is 6.10. The molecule has 168 valence electrons. The predicted molar refractivity (Wildman–Crippen MR) is 112 cm³/mol. The van der Waals surface area contributed by atoms with Gasteiger partial charge in [0.05, 0.1) is 6.42 Å². The first-order valence-electron chi connectivity index (χ1n) is 11.3. The van der Waals surface area contributed by atoms with Gasteiger partial charge < -0.3 is 15.4 Å². The van der Waals surface area contributed by atoms with Gasteiger partial charge in [-0.25, -0.2) is 4.39 Å². The molecule has 0 spiro atoms. The molecule has 1 atom stereocenters. The monoisotopic (exact) mass is 430 g/mol. The quantitative estimate of drug-likeness (QED) is 0.621. The summed E-state index contributed by atoms with van der Waals surface area (Å²) in [5.41, 5.74) is 0.521. The van der Waals surface area contributed by atoms with E-state index in [1.807, 2.05) is 0 Å². The molecule has 1 aromatic carbocycles. The van der Waals surface area contributed by atoms with Crippen molar-refractivity contribution >= 4 is 17.8 Å². The Hall–Kier alpha value is -2.44. The molecule has 5 rings (SSSR count). The molecule has 0 unspecified atom stereocenters. The molecular formula is C24H31FN2O4. The third kappa shape index (κ3) is 5.08. The summed E-state index contributed by atoms with van der Waals surface area (Å²) in [7, 11) is 0. The zero-order valence-corrected chi connectivity index (χ0v) is 18.0. The Morgan fingerprint density at radius 2 is 1.61 bits per heavy atom. The van der Waals surface area contributed by atoms with Crippen molar-refractivity contribution in [2.24, 2.45) is 23.2 Å². The van der Waals surface area contributed by atoms with Crippen LogP contribution >= 0.6 is 0 Å². The van der Waals surface area contributed by atoms with Crippen molar-refractivity contribution in [3.63, 3.8) is 0 Å². The fourth-order valence-corrected chi connectivity index (χ4v) is 6.10. The van der Waals surface area contributed by atoms with Gasteiger partial charge in [-0.3, -0.25) is 14.4 Å². The van der Waals surface area contributed by atoms with Crippen molar-refractivity contribution in [1.29, 1.82) is 0 Å². The van der Waals surface area contributed by atoms with Crippen LogP contribution in [0, 0.1) is 29.0 Å². The standard InChI is InChI=1S/C24H31FN2O4/c1-15(22(29)27-14-16-2-4-20(25)5-3-16)31-21(28)6-7-26-23(30)24-11-17-8-18(12-24)10-19(9-17)13-24/h2-5,15,17-19H,6-14H2,1H3,(H,26,30)(H,27,29)/t15-,17?,18?,19?,24?/m1/s1. The molecule has 0 aliphatic heterocycles. The van der Waals surface area contributed by atoms with Crippen LogP contribution in [0.3, 0.4) is 0 Å². The minimum Gasteiger partial charge on any atom is -0.452 e. The second-order valence-corrected chi connectivity index (χ2v) is 9.68. The predicted octanol–water partition coefficient (Wildman–Crippen LogP) is 3.10. The smallest absolute Gasteiger partial charge is 0.308 e. The van der Waals surface area contributed by atoms with Crippen molar-refractivity contribution in [2.45, 2.75) is 64.5 Å². The summed E-state index contributed by atoms with van der Waals surface area (Å²) in [4.78, 5) is 37.1. The summed E-state index contributed by atoms with van der Waals surface area (Å²) in [5, 5.41) is 5.62. The molecule has 1 aromatic rings. The molecular weight excluding hydrogens is 399 g/mol. The van der Waals surface area contributed by atoms with E-state index in [9.17, 15) is 18.8 Å². The molecule has 0 radical (unpaired) electrons. The van der Waals surface area contributed by atoms with E-state index >= 15 is 0 Å². The second-order valence-electron chi connectivity index (χ2n) is 9.68. The summed E-state index contributed by atoms with van der Waals surface area (Å²) < 4.78 is 18.1.